The Morgan fingerprint density at radius 1 is 1.03 bits per heavy atom. The molecule has 1 fully saturated rings. The van der Waals surface area contributed by atoms with Crippen LogP contribution >= 0.6 is 0 Å². The Bertz CT molecular complexity index is 588. The number of methoxy groups -OCH3 is 1. The van der Waals surface area contributed by atoms with E-state index in [1.165, 1.54) is 32.5 Å². The maximum Gasteiger partial charge on any atom is 0.414 e. The lowest BCUT2D eigenvalue weighted by molar-refractivity contribution is -0.159. The third-order valence-corrected chi connectivity index (χ3v) is 4.57. The third-order valence-electron chi connectivity index (χ3n) is 4.57. The van der Waals surface area contributed by atoms with Gasteiger partial charge in [-0.3, -0.25) is 0 Å². The van der Waals surface area contributed by atoms with Gasteiger partial charge in [0.1, 0.15) is 11.5 Å². The molecule has 1 aliphatic rings. The van der Waals surface area contributed by atoms with Crippen molar-refractivity contribution in [1.29, 1.82) is 0 Å². The summed E-state index contributed by atoms with van der Waals surface area (Å²) in [4.78, 5) is 20.8. The summed E-state index contributed by atoms with van der Waals surface area (Å²) in [5.41, 5.74) is 0. The quantitative estimate of drug-likeness (QED) is 0.447. The van der Waals surface area contributed by atoms with E-state index in [9.17, 15) is 0 Å². The first-order valence-corrected chi connectivity index (χ1v) is 9.95. The molecule has 29 heavy (non-hydrogen) atoms. The van der Waals surface area contributed by atoms with Crippen LogP contribution in [0.3, 0.4) is 0 Å². The Morgan fingerprint density at radius 2 is 1.66 bits per heavy atom. The highest BCUT2D eigenvalue weighted by molar-refractivity contribution is 6.27. The maximum absolute atomic E-state index is 9.10. The second-order valence-electron chi connectivity index (χ2n) is 6.98. The van der Waals surface area contributed by atoms with Crippen molar-refractivity contribution in [3.63, 3.8) is 0 Å². The number of hydrogen-bond acceptors (Lipinski definition) is 6. The molecular weight excluding hydrogens is 378 g/mol. The lowest BCUT2D eigenvalue weighted by atomic mass is 9.99. The predicted molar refractivity (Wildman–Crippen MR) is 109 cm³/mol. The number of hydrogen-bond donors (Lipinski definition) is 2. The van der Waals surface area contributed by atoms with Crippen molar-refractivity contribution in [3.05, 3.63) is 24.3 Å². The molecule has 164 valence electrons. The molecule has 8 nitrogen and oxygen atoms in total. The first-order chi connectivity index (χ1) is 13.9. The number of nitrogens with zero attached hydrogens (tertiary/aromatic N) is 1. The molecule has 0 atom stereocenters. The number of carbonyl (C=O) groups is 2. The largest absolute Gasteiger partial charge is 0.497 e. The zero-order valence-corrected chi connectivity index (χ0v) is 17.3. The van der Waals surface area contributed by atoms with E-state index < -0.39 is 11.9 Å². The van der Waals surface area contributed by atoms with Gasteiger partial charge < -0.3 is 29.3 Å². The molecule has 1 saturated heterocycles. The molecule has 0 bridgehead atoms. The molecule has 0 unspecified atom stereocenters. The SMILES string of the molecule is COc1cccc(OCCCOCCCN2CCC(C)CC2)c1.O=C(O)C(=O)O. The number of carboxylic acids is 2. The molecule has 0 radical (unpaired) electrons. The predicted octanol–water partition coefficient (Wildman–Crippen LogP) is 2.76. The summed E-state index contributed by atoms with van der Waals surface area (Å²) in [5, 5.41) is 14.8. The van der Waals surface area contributed by atoms with Crippen LogP contribution in [0.15, 0.2) is 24.3 Å². The van der Waals surface area contributed by atoms with E-state index in [1.54, 1.807) is 7.11 Å². The Balaban J connectivity index is 0.000000612. The Hall–Kier alpha value is -2.32. The maximum atomic E-state index is 9.10. The molecule has 1 aliphatic heterocycles. The highest BCUT2D eigenvalue weighted by Crippen LogP contribution is 2.19. The van der Waals surface area contributed by atoms with Gasteiger partial charge in [0.15, 0.2) is 0 Å². The van der Waals surface area contributed by atoms with Crippen molar-refractivity contribution in [2.24, 2.45) is 5.92 Å². The molecule has 0 aromatic heterocycles. The van der Waals surface area contributed by atoms with Crippen molar-refractivity contribution >= 4 is 11.9 Å². The normalized spacial score (nSPS) is 14.6. The van der Waals surface area contributed by atoms with Gasteiger partial charge in [-0.05, 0) is 50.4 Å². The van der Waals surface area contributed by atoms with Gasteiger partial charge in [0.2, 0.25) is 0 Å². The van der Waals surface area contributed by atoms with Crippen LogP contribution in [0.2, 0.25) is 0 Å². The molecule has 0 spiro atoms. The van der Waals surface area contributed by atoms with Crippen LogP contribution in [0.5, 0.6) is 11.5 Å². The van der Waals surface area contributed by atoms with Gasteiger partial charge in [0.25, 0.3) is 0 Å². The molecule has 1 heterocycles. The van der Waals surface area contributed by atoms with Crippen LogP contribution < -0.4 is 9.47 Å². The van der Waals surface area contributed by atoms with Gasteiger partial charge >= 0.3 is 11.9 Å². The van der Waals surface area contributed by atoms with Crippen molar-refractivity contribution in [1.82, 2.24) is 4.90 Å². The van der Waals surface area contributed by atoms with Crippen molar-refractivity contribution in [2.45, 2.75) is 32.6 Å². The van der Waals surface area contributed by atoms with E-state index >= 15 is 0 Å². The number of aliphatic carboxylic acids is 2. The number of benzene rings is 1. The van der Waals surface area contributed by atoms with Crippen molar-refractivity contribution in [2.75, 3.05) is 46.6 Å². The van der Waals surface area contributed by atoms with Crippen molar-refractivity contribution < 1.29 is 34.0 Å². The van der Waals surface area contributed by atoms with Crippen LogP contribution in [0.25, 0.3) is 0 Å². The monoisotopic (exact) mass is 411 g/mol. The van der Waals surface area contributed by atoms with Gasteiger partial charge in [0, 0.05) is 32.2 Å². The lowest BCUT2D eigenvalue weighted by Gasteiger charge is -2.30. The van der Waals surface area contributed by atoms with Crippen LogP contribution in [0.1, 0.15) is 32.6 Å². The molecule has 0 saturated carbocycles. The van der Waals surface area contributed by atoms with Crippen LogP contribution in [-0.2, 0) is 14.3 Å². The molecule has 1 aromatic rings. The van der Waals surface area contributed by atoms with Gasteiger partial charge in [-0.2, -0.15) is 0 Å². The number of likely N-dealkylation sites (tertiary alicyclic amines) is 1. The summed E-state index contributed by atoms with van der Waals surface area (Å²) in [5.74, 6) is -1.06. The lowest BCUT2D eigenvalue weighted by Crippen LogP contribution is -2.34. The minimum Gasteiger partial charge on any atom is -0.497 e. The summed E-state index contributed by atoms with van der Waals surface area (Å²) >= 11 is 0. The van der Waals surface area contributed by atoms with Crippen LogP contribution in [0, 0.1) is 5.92 Å². The minimum absolute atomic E-state index is 0.678. The highest BCUT2D eigenvalue weighted by Gasteiger charge is 2.14. The summed E-state index contributed by atoms with van der Waals surface area (Å²) in [6.07, 6.45) is 4.74. The first-order valence-electron chi connectivity index (χ1n) is 9.95. The Kier molecular flexibility index (Phi) is 12.5. The molecular formula is C21H33NO7. The second-order valence-corrected chi connectivity index (χ2v) is 6.98. The number of ether oxygens (including phenoxy) is 3. The van der Waals surface area contributed by atoms with Crippen LogP contribution in [0.4, 0.5) is 0 Å². The fourth-order valence-corrected chi connectivity index (χ4v) is 2.82. The topological polar surface area (TPSA) is 106 Å². The van der Waals surface area contributed by atoms with Gasteiger partial charge in [-0.1, -0.05) is 13.0 Å². The van der Waals surface area contributed by atoms with E-state index in [2.05, 4.69) is 11.8 Å². The standard InChI is InChI=1S/C19H31NO3.C2H2O4/c1-17-8-11-20(12-9-17)10-4-13-22-14-5-15-23-19-7-3-6-18(16-19)21-2;3-1(4)2(5)6/h3,6-7,16-17H,4-5,8-15H2,1-2H3;(H,3,4)(H,5,6). The summed E-state index contributed by atoms with van der Waals surface area (Å²) in [7, 11) is 1.66. The zero-order chi connectivity index (χ0) is 21.5. The van der Waals surface area contributed by atoms with Gasteiger partial charge in [-0.15, -0.1) is 0 Å². The highest BCUT2D eigenvalue weighted by atomic mass is 16.5. The fraction of sp³-hybridized carbons (Fsp3) is 0.619. The fourth-order valence-electron chi connectivity index (χ4n) is 2.82. The van der Waals surface area contributed by atoms with E-state index in [4.69, 9.17) is 34.0 Å². The molecule has 1 aromatic carbocycles. The van der Waals surface area contributed by atoms with E-state index in [-0.39, 0.29) is 0 Å². The number of carboxylic acid groups (broad SMARTS) is 2. The molecule has 8 heteroatoms. The van der Waals surface area contributed by atoms with Crippen molar-refractivity contribution in [3.8, 4) is 11.5 Å². The third kappa shape index (κ3) is 12.0. The number of rotatable bonds is 10. The summed E-state index contributed by atoms with van der Waals surface area (Å²) in [6.45, 7) is 8.34. The molecule has 2 N–H and O–H groups in total. The second kappa shape index (κ2) is 14.6. The molecule has 0 amide bonds. The smallest absolute Gasteiger partial charge is 0.414 e. The summed E-state index contributed by atoms with van der Waals surface area (Å²) in [6, 6.07) is 7.70. The van der Waals surface area contributed by atoms with E-state index in [0.717, 1.165) is 43.5 Å². The Labute approximate surface area is 172 Å². The number of piperidine rings is 1. The Morgan fingerprint density at radius 3 is 2.28 bits per heavy atom. The molecule has 2 rings (SSSR count). The van der Waals surface area contributed by atoms with Gasteiger partial charge in [-0.25, -0.2) is 9.59 Å². The molecule has 0 aliphatic carbocycles. The summed E-state index contributed by atoms with van der Waals surface area (Å²) < 4.78 is 16.6. The first kappa shape index (κ1) is 24.7. The average molecular weight is 411 g/mol. The van der Waals surface area contributed by atoms with Gasteiger partial charge in [0.05, 0.1) is 13.7 Å². The van der Waals surface area contributed by atoms with Crippen LogP contribution in [-0.4, -0.2) is 73.6 Å². The zero-order valence-electron chi connectivity index (χ0n) is 17.3. The van der Waals surface area contributed by atoms with E-state index in [1.807, 2.05) is 24.3 Å². The van der Waals surface area contributed by atoms with E-state index in [0.29, 0.717) is 6.61 Å². The average Bonchev–Trinajstić information content (AvgIpc) is 2.72. The minimum atomic E-state index is -1.82.